The molecule has 0 aliphatic carbocycles. The second-order valence-corrected chi connectivity index (χ2v) is 8.81. The second-order valence-electron chi connectivity index (χ2n) is 8.40. The second kappa shape index (κ2) is 11.0. The van der Waals surface area contributed by atoms with Gasteiger partial charge in [-0.25, -0.2) is 4.57 Å². The van der Waals surface area contributed by atoms with Gasteiger partial charge in [0.1, 0.15) is 11.5 Å². The van der Waals surface area contributed by atoms with Crippen molar-refractivity contribution in [3.05, 3.63) is 53.1 Å². The molecule has 0 bridgehead atoms. The van der Waals surface area contributed by atoms with Gasteiger partial charge in [0, 0.05) is 10.8 Å². The van der Waals surface area contributed by atoms with Crippen molar-refractivity contribution < 1.29 is 29.2 Å². The van der Waals surface area contributed by atoms with Crippen LogP contribution >= 0.6 is 11.6 Å². The van der Waals surface area contributed by atoms with Gasteiger partial charge >= 0.3 is 5.97 Å². The molecule has 0 atom stereocenters. The number of esters is 1. The lowest BCUT2D eigenvalue weighted by atomic mass is 10.0. The molecule has 1 heterocycles. The number of nitrogens with zero attached hydrogens (tertiary/aromatic N) is 1. The number of fused-ring (bicyclic) bond motifs is 2. The number of carbonyl (C=O) groups is 1. The number of carbonyl (C=O) groups excluding carboxylic acids is 1. The SMILES string of the molecule is CCCOc1c2ccccc2c(OCCC)c2c(O)n(-c3ccc(CC(=O)OCC)cc3Cl)c(O)c12. The molecule has 0 saturated heterocycles. The van der Waals surface area contributed by atoms with Gasteiger partial charge in [-0.3, -0.25) is 4.79 Å². The molecule has 0 unspecified atom stereocenters. The van der Waals surface area contributed by atoms with Crippen molar-refractivity contribution in [1.29, 1.82) is 0 Å². The largest absolute Gasteiger partial charge is 0.494 e. The summed E-state index contributed by atoms with van der Waals surface area (Å²) in [6.07, 6.45) is 1.60. The fourth-order valence-electron chi connectivity index (χ4n) is 4.28. The highest BCUT2D eigenvalue weighted by Crippen LogP contribution is 2.53. The number of benzene rings is 3. The Bertz CT molecular complexity index is 1340. The number of ether oxygens (including phenoxy) is 3. The van der Waals surface area contributed by atoms with E-state index in [2.05, 4.69) is 0 Å². The molecule has 4 aromatic rings. The molecule has 0 aliphatic rings. The molecule has 0 fully saturated rings. The molecule has 1 aromatic heterocycles. The lowest BCUT2D eigenvalue weighted by Crippen LogP contribution is -2.07. The minimum Gasteiger partial charge on any atom is -0.494 e. The molecule has 3 aromatic carbocycles. The van der Waals surface area contributed by atoms with Crippen LogP contribution in [0.4, 0.5) is 0 Å². The van der Waals surface area contributed by atoms with Gasteiger partial charge in [-0.15, -0.1) is 0 Å². The van der Waals surface area contributed by atoms with Gasteiger partial charge in [0.2, 0.25) is 11.8 Å². The van der Waals surface area contributed by atoms with E-state index in [1.165, 1.54) is 4.57 Å². The number of aromatic nitrogens is 1. The predicted molar refractivity (Wildman–Crippen MR) is 141 cm³/mol. The van der Waals surface area contributed by atoms with Crippen molar-refractivity contribution in [3.8, 4) is 28.9 Å². The van der Waals surface area contributed by atoms with Crippen LogP contribution in [0.25, 0.3) is 27.2 Å². The first-order chi connectivity index (χ1) is 17.4. The van der Waals surface area contributed by atoms with E-state index in [4.69, 9.17) is 25.8 Å². The van der Waals surface area contributed by atoms with E-state index in [1.54, 1.807) is 25.1 Å². The van der Waals surface area contributed by atoms with Crippen LogP contribution in [0.2, 0.25) is 5.02 Å². The molecule has 36 heavy (non-hydrogen) atoms. The highest BCUT2D eigenvalue weighted by molar-refractivity contribution is 6.32. The van der Waals surface area contributed by atoms with Crippen LogP contribution in [0.1, 0.15) is 39.2 Å². The molecule has 2 N–H and O–H groups in total. The fourth-order valence-corrected chi connectivity index (χ4v) is 4.57. The molecule has 0 aliphatic heterocycles. The fraction of sp³-hybridized carbons (Fsp3) is 0.321. The minimum atomic E-state index is -0.360. The quantitative estimate of drug-likeness (QED) is 0.235. The molecule has 0 radical (unpaired) electrons. The number of hydrogen-bond donors (Lipinski definition) is 2. The first-order valence-electron chi connectivity index (χ1n) is 12.1. The van der Waals surface area contributed by atoms with Crippen LogP contribution in [-0.2, 0) is 16.0 Å². The van der Waals surface area contributed by atoms with E-state index >= 15 is 0 Å². The average molecular weight is 512 g/mol. The number of halogens is 1. The highest BCUT2D eigenvalue weighted by atomic mass is 35.5. The zero-order valence-corrected chi connectivity index (χ0v) is 21.4. The maximum absolute atomic E-state index is 11.9. The van der Waals surface area contributed by atoms with Gasteiger partial charge in [0.25, 0.3) is 0 Å². The van der Waals surface area contributed by atoms with Gasteiger partial charge < -0.3 is 24.4 Å². The topological polar surface area (TPSA) is 90.2 Å². The van der Waals surface area contributed by atoms with Crippen molar-refractivity contribution in [3.63, 3.8) is 0 Å². The smallest absolute Gasteiger partial charge is 0.310 e. The van der Waals surface area contributed by atoms with Gasteiger partial charge in [-0.2, -0.15) is 0 Å². The Morgan fingerprint density at radius 1 is 0.889 bits per heavy atom. The third-order valence-electron chi connectivity index (χ3n) is 5.80. The highest BCUT2D eigenvalue weighted by Gasteiger charge is 2.28. The Kier molecular flexibility index (Phi) is 7.79. The molecule has 4 rings (SSSR count). The maximum atomic E-state index is 11.9. The molecule has 0 saturated carbocycles. The summed E-state index contributed by atoms with van der Waals surface area (Å²) in [4.78, 5) is 11.9. The normalized spacial score (nSPS) is 11.2. The number of aromatic hydroxyl groups is 2. The zero-order chi connectivity index (χ0) is 25.8. The molecule has 0 spiro atoms. The summed E-state index contributed by atoms with van der Waals surface area (Å²) < 4.78 is 18.5. The zero-order valence-electron chi connectivity index (χ0n) is 20.6. The van der Waals surface area contributed by atoms with Gasteiger partial charge in [-0.05, 0) is 37.5 Å². The summed E-state index contributed by atoms with van der Waals surface area (Å²) in [5, 5.41) is 25.4. The molecule has 7 nitrogen and oxygen atoms in total. The summed E-state index contributed by atoms with van der Waals surface area (Å²) in [6.45, 7) is 6.90. The van der Waals surface area contributed by atoms with Gasteiger partial charge in [0.05, 0.1) is 47.7 Å². The van der Waals surface area contributed by atoms with E-state index < -0.39 is 0 Å². The van der Waals surface area contributed by atoms with E-state index in [1.807, 2.05) is 38.1 Å². The summed E-state index contributed by atoms with van der Waals surface area (Å²) in [7, 11) is 0. The molecular formula is C28H30ClNO6. The van der Waals surface area contributed by atoms with Crippen LogP contribution in [0.5, 0.6) is 23.3 Å². The van der Waals surface area contributed by atoms with Crippen molar-refractivity contribution >= 4 is 39.1 Å². The predicted octanol–water partition coefficient (Wildman–Crippen LogP) is 6.53. The number of rotatable bonds is 10. The summed E-state index contributed by atoms with van der Waals surface area (Å²) in [5.74, 6) is 0.128. The standard InChI is InChI=1S/C28H30ClNO6/c1-4-13-35-25-18-9-7-8-10-19(18)26(36-14-5-2)24-23(25)27(32)30(28(24)33)21-12-11-17(15-20(21)29)16-22(31)34-6-3/h7-12,15,32-33H,4-6,13-14,16H2,1-3H3. The Morgan fingerprint density at radius 3 is 1.92 bits per heavy atom. The van der Waals surface area contributed by atoms with Crippen LogP contribution in [0, 0.1) is 0 Å². The van der Waals surface area contributed by atoms with Crippen molar-refractivity contribution in [2.75, 3.05) is 19.8 Å². The Morgan fingerprint density at radius 2 is 1.44 bits per heavy atom. The van der Waals surface area contributed by atoms with E-state index in [-0.39, 0.29) is 29.2 Å². The minimum absolute atomic E-state index is 0.0643. The average Bonchev–Trinajstić information content (AvgIpc) is 3.11. The third-order valence-corrected chi connectivity index (χ3v) is 6.10. The monoisotopic (exact) mass is 511 g/mol. The summed E-state index contributed by atoms with van der Waals surface area (Å²) in [6, 6.07) is 12.6. The van der Waals surface area contributed by atoms with Crippen LogP contribution < -0.4 is 9.47 Å². The van der Waals surface area contributed by atoms with E-state index in [0.29, 0.717) is 53.3 Å². The van der Waals surface area contributed by atoms with Crippen LogP contribution in [-0.4, -0.2) is 40.6 Å². The molecule has 190 valence electrons. The maximum Gasteiger partial charge on any atom is 0.310 e. The Balaban J connectivity index is 1.98. The van der Waals surface area contributed by atoms with E-state index in [9.17, 15) is 15.0 Å². The molecular weight excluding hydrogens is 482 g/mol. The lowest BCUT2D eigenvalue weighted by molar-refractivity contribution is -0.142. The Hall–Kier alpha value is -3.58. The lowest BCUT2D eigenvalue weighted by Gasteiger charge is -2.15. The van der Waals surface area contributed by atoms with Gasteiger partial charge in [-0.1, -0.05) is 55.8 Å². The first kappa shape index (κ1) is 25.5. The number of hydrogen-bond acceptors (Lipinski definition) is 6. The molecule has 0 amide bonds. The molecule has 8 heteroatoms. The van der Waals surface area contributed by atoms with Crippen molar-refractivity contribution in [2.45, 2.75) is 40.0 Å². The summed E-state index contributed by atoms with van der Waals surface area (Å²) in [5.41, 5.74) is 1.00. The van der Waals surface area contributed by atoms with Crippen molar-refractivity contribution in [1.82, 2.24) is 4.57 Å². The van der Waals surface area contributed by atoms with E-state index in [0.717, 1.165) is 23.6 Å². The van der Waals surface area contributed by atoms with Gasteiger partial charge in [0.15, 0.2) is 0 Å². The van der Waals surface area contributed by atoms with Crippen molar-refractivity contribution in [2.24, 2.45) is 0 Å². The summed E-state index contributed by atoms with van der Waals surface area (Å²) >= 11 is 6.59. The third kappa shape index (κ3) is 4.63. The first-order valence-corrected chi connectivity index (χ1v) is 12.5. The Labute approximate surface area is 214 Å². The van der Waals surface area contributed by atoms with Crippen LogP contribution in [0.15, 0.2) is 42.5 Å². The van der Waals surface area contributed by atoms with Crippen LogP contribution in [0.3, 0.4) is 0 Å².